The third-order valence-corrected chi connectivity index (χ3v) is 3.52. The molecule has 0 saturated carbocycles. The molecule has 1 aromatic rings. The summed E-state index contributed by atoms with van der Waals surface area (Å²) in [4.78, 5) is 14.2. The number of aryl methyl sites for hydroxylation is 1. The van der Waals surface area contributed by atoms with Crippen molar-refractivity contribution in [3.05, 3.63) is 35.1 Å². The second kappa shape index (κ2) is 5.47. The molecular weight excluding hydrogens is 280 g/mol. The van der Waals surface area contributed by atoms with Crippen LogP contribution in [0.15, 0.2) is 28.8 Å². The van der Waals surface area contributed by atoms with Crippen molar-refractivity contribution in [3.8, 4) is 0 Å². The van der Waals surface area contributed by atoms with E-state index in [-0.39, 0.29) is 27.7 Å². The molecule has 0 saturated heterocycles. The molecule has 0 amide bonds. The fourth-order valence-corrected chi connectivity index (χ4v) is 2.38. The molecule has 0 atom stereocenters. The highest BCUT2D eigenvalue weighted by Crippen LogP contribution is 2.13. The van der Waals surface area contributed by atoms with E-state index in [4.69, 9.17) is 16.7 Å². The molecule has 1 aromatic heterocycles. The molecule has 8 heteroatoms. The first kappa shape index (κ1) is 14.6. The number of halogens is 1. The maximum atomic E-state index is 11.8. The van der Waals surface area contributed by atoms with Gasteiger partial charge < -0.3 is 5.11 Å². The second-order valence-electron chi connectivity index (χ2n) is 3.48. The summed E-state index contributed by atoms with van der Waals surface area (Å²) in [5.74, 6) is -1.21. The Bertz CT molecular complexity index is 598. The van der Waals surface area contributed by atoms with E-state index in [0.717, 1.165) is 6.20 Å². The molecule has 1 rings (SSSR count). The highest BCUT2D eigenvalue weighted by atomic mass is 35.5. The van der Waals surface area contributed by atoms with Crippen molar-refractivity contribution in [2.24, 2.45) is 0 Å². The van der Waals surface area contributed by atoms with Crippen molar-refractivity contribution in [3.63, 3.8) is 0 Å². The molecule has 98 valence electrons. The van der Waals surface area contributed by atoms with Crippen LogP contribution in [0.5, 0.6) is 0 Å². The standard InChI is InChI=1S/C10H11ClN2O4S/c1-6-3-8(5-12-9(6)10(14)15)18(16,17)13-4-7(2)11/h3,5,13H,2,4H2,1H3,(H,14,15). The van der Waals surface area contributed by atoms with Crippen LogP contribution in [0.3, 0.4) is 0 Å². The van der Waals surface area contributed by atoms with Crippen molar-refractivity contribution in [1.29, 1.82) is 0 Å². The second-order valence-corrected chi connectivity index (χ2v) is 5.78. The van der Waals surface area contributed by atoms with Crippen molar-refractivity contribution in [1.82, 2.24) is 9.71 Å². The lowest BCUT2D eigenvalue weighted by Gasteiger charge is -2.07. The van der Waals surface area contributed by atoms with Gasteiger partial charge in [-0.05, 0) is 18.6 Å². The third-order valence-electron chi connectivity index (χ3n) is 2.02. The first-order chi connectivity index (χ1) is 8.24. The lowest BCUT2D eigenvalue weighted by Crippen LogP contribution is -2.25. The minimum atomic E-state index is -3.77. The first-order valence-electron chi connectivity index (χ1n) is 4.77. The highest BCUT2D eigenvalue weighted by Gasteiger charge is 2.17. The molecule has 0 bridgehead atoms. The zero-order valence-electron chi connectivity index (χ0n) is 9.47. The molecule has 0 fully saturated rings. The maximum absolute atomic E-state index is 11.8. The molecule has 0 unspecified atom stereocenters. The van der Waals surface area contributed by atoms with Crippen LogP contribution < -0.4 is 4.72 Å². The lowest BCUT2D eigenvalue weighted by molar-refractivity contribution is 0.0689. The summed E-state index contributed by atoms with van der Waals surface area (Å²) in [5.41, 5.74) is 0.0748. The SMILES string of the molecule is C=C(Cl)CNS(=O)(=O)c1cnc(C(=O)O)c(C)c1. The molecular formula is C10H11ClN2O4S. The minimum Gasteiger partial charge on any atom is -0.477 e. The van der Waals surface area contributed by atoms with E-state index >= 15 is 0 Å². The normalized spacial score (nSPS) is 11.2. The summed E-state index contributed by atoms with van der Waals surface area (Å²) in [6.07, 6.45) is 0.982. The summed E-state index contributed by atoms with van der Waals surface area (Å²) < 4.78 is 25.7. The van der Waals surface area contributed by atoms with Gasteiger partial charge in [0, 0.05) is 17.8 Å². The monoisotopic (exact) mass is 290 g/mol. The van der Waals surface area contributed by atoms with Crippen LogP contribution in [-0.2, 0) is 10.0 Å². The quantitative estimate of drug-likeness (QED) is 0.847. The molecule has 0 radical (unpaired) electrons. The van der Waals surface area contributed by atoms with E-state index in [9.17, 15) is 13.2 Å². The van der Waals surface area contributed by atoms with E-state index in [1.54, 1.807) is 0 Å². The van der Waals surface area contributed by atoms with E-state index < -0.39 is 16.0 Å². The Morgan fingerprint density at radius 1 is 1.61 bits per heavy atom. The van der Waals surface area contributed by atoms with Crippen molar-refractivity contribution in [2.75, 3.05) is 6.54 Å². The van der Waals surface area contributed by atoms with Crippen molar-refractivity contribution < 1.29 is 18.3 Å². The molecule has 2 N–H and O–H groups in total. The maximum Gasteiger partial charge on any atom is 0.354 e. The van der Waals surface area contributed by atoms with Gasteiger partial charge in [-0.1, -0.05) is 18.2 Å². The third kappa shape index (κ3) is 3.52. The van der Waals surface area contributed by atoms with Gasteiger partial charge in [-0.25, -0.2) is 22.9 Å². The van der Waals surface area contributed by atoms with Crippen LogP contribution in [-0.4, -0.2) is 31.0 Å². The Balaban J connectivity index is 3.08. The number of carboxylic acids is 1. The summed E-state index contributed by atoms with van der Waals surface area (Å²) in [6.45, 7) is 4.71. The van der Waals surface area contributed by atoms with E-state index in [1.807, 2.05) is 0 Å². The highest BCUT2D eigenvalue weighted by molar-refractivity contribution is 7.89. The van der Waals surface area contributed by atoms with Gasteiger partial charge in [-0.2, -0.15) is 0 Å². The van der Waals surface area contributed by atoms with Crippen LogP contribution in [0.4, 0.5) is 0 Å². The number of nitrogens with one attached hydrogen (secondary N) is 1. The van der Waals surface area contributed by atoms with Crippen molar-refractivity contribution >= 4 is 27.6 Å². The Labute approximate surface area is 109 Å². The van der Waals surface area contributed by atoms with Gasteiger partial charge in [-0.15, -0.1) is 0 Å². The molecule has 0 aromatic carbocycles. The Morgan fingerprint density at radius 3 is 2.67 bits per heavy atom. The van der Waals surface area contributed by atoms with Gasteiger partial charge in [-0.3, -0.25) is 0 Å². The molecule has 18 heavy (non-hydrogen) atoms. The number of hydrogen-bond donors (Lipinski definition) is 2. The molecule has 1 heterocycles. The molecule has 0 aliphatic carbocycles. The lowest BCUT2D eigenvalue weighted by atomic mass is 10.2. The predicted molar refractivity (Wildman–Crippen MR) is 66.1 cm³/mol. The smallest absolute Gasteiger partial charge is 0.354 e. The topological polar surface area (TPSA) is 96.4 Å². The Hall–Kier alpha value is -1.44. The summed E-state index contributed by atoms with van der Waals surface area (Å²) in [6, 6.07) is 1.23. The van der Waals surface area contributed by atoms with Crippen LogP contribution in [0.1, 0.15) is 16.1 Å². The van der Waals surface area contributed by atoms with Crippen LogP contribution in [0.25, 0.3) is 0 Å². The number of rotatable bonds is 5. The first-order valence-corrected chi connectivity index (χ1v) is 6.63. The summed E-state index contributed by atoms with van der Waals surface area (Å²) >= 11 is 5.45. The van der Waals surface area contributed by atoms with Gasteiger partial charge in [0.25, 0.3) is 0 Å². The Kier molecular flexibility index (Phi) is 4.44. The molecule has 0 spiro atoms. The number of aromatic carboxylic acids is 1. The number of sulfonamides is 1. The fourth-order valence-electron chi connectivity index (χ4n) is 1.18. The predicted octanol–water partition coefficient (Wildman–Crippen LogP) is 1.12. The van der Waals surface area contributed by atoms with E-state index in [0.29, 0.717) is 0 Å². The van der Waals surface area contributed by atoms with Crippen molar-refractivity contribution in [2.45, 2.75) is 11.8 Å². The molecule has 0 aliphatic rings. The number of hydrogen-bond acceptors (Lipinski definition) is 4. The molecule has 0 aliphatic heterocycles. The van der Waals surface area contributed by atoms with Gasteiger partial charge >= 0.3 is 5.97 Å². The zero-order valence-corrected chi connectivity index (χ0v) is 11.0. The number of aromatic nitrogens is 1. The minimum absolute atomic E-state index is 0.108. The van der Waals surface area contributed by atoms with Gasteiger partial charge in [0.15, 0.2) is 5.69 Å². The zero-order chi connectivity index (χ0) is 13.9. The number of pyridine rings is 1. The number of carboxylic acid groups (broad SMARTS) is 1. The largest absolute Gasteiger partial charge is 0.477 e. The number of nitrogens with zero attached hydrogens (tertiary/aromatic N) is 1. The van der Waals surface area contributed by atoms with E-state index in [2.05, 4.69) is 16.3 Å². The van der Waals surface area contributed by atoms with Gasteiger partial charge in [0.2, 0.25) is 10.0 Å². The summed E-state index contributed by atoms with van der Waals surface area (Å²) in [7, 11) is -3.77. The van der Waals surface area contributed by atoms with Gasteiger partial charge in [0.1, 0.15) is 4.90 Å². The fraction of sp³-hybridized carbons (Fsp3) is 0.200. The Morgan fingerprint density at radius 2 is 2.22 bits per heavy atom. The van der Waals surface area contributed by atoms with Gasteiger partial charge in [0.05, 0.1) is 0 Å². The molecule has 6 nitrogen and oxygen atoms in total. The average Bonchev–Trinajstić information content (AvgIpc) is 2.26. The summed E-state index contributed by atoms with van der Waals surface area (Å²) in [5, 5.41) is 8.92. The van der Waals surface area contributed by atoms with Crippen LogP contribution >= 0.6 is 11.6 Å². The average molecular weight is 291 g/mol. The van der Waals surface area contributed by atoms with Crippen LogP contribution in [0.2, 0.25) is 0 Å². The number of carbonyl (C=O) groups is 1. The van der Waals surface area contributed by atoms with E-state index in [1.165, 1.54) is 13.0 Å². The van der Waals surface area contributed by atoms with Crippen LogP contribution in [0, 0.1) is 6.92 Å².